The molecule has 0 unspecified atom stereocenters. The summed E-state index contributed by atoms with van der Waals surface area (Å²) in [4.78, 5) is 4.47. The fourth-order valence-corrected chi connectivity index (χ4v) is 2.34. The first kappa shape index (κ1) is 9.17. The lowest BCUT2D eigenvalue weighted by atomic mass is 10.2. The van der Waals surface area contributed by atoms with Gasteiger partial charge in [0.15, 0.2) is 0 Å². The number of nitriles is 1. The summed E-state index contributed by atoms with van der Waals surface area (Å²) in [5, 5.41) is 9.74. The Bertz CT molecular complexity index is 493. The molecule has 0 aliphatic heterocycles. The van der Waals surface area contributed by atoms with Crippen LogP contribution in [-0.4, -0.2) is 4.98 Å². The van der Waals surface area contributed by atoms with Crippen molar-refractivity contribution in [3.05, 3.63) is 28.8 Å². The molecule has 3 heteroatoms. The van der Waals surface area contributed by atoms with E-state index in [1.54, 1.807) is 11.3 Å². The molecule has 0 saturated heterocycles. The minimum Gasteiger partial charge on any atom is -0.241 e. The quantitative estimate of drug-likeness (QED) is 0.750. The number of fused-ring (bicyclic) bond motifs is 1. The molecule has 2 rings (SSSR count). The van der Waals surface area contributed by atoms with E-state index in [1.165, 1.54) is 4.70 Å². The van der Waals surface area contributed by atoms with Gasteiger partial charge < -0.3 is 0 Å². The molecule has 0 saturated carbocycles. The van der Waals surface area contributed by atoms with Crippen LogP contribution in [0.15, 0.2) is 18.2 Å². The molecule has 2 aromatic rings. The molecule has 0 aliphatic carbocycles. The third-order valence-corrected chi connectivity index (χ3v) is 3.25. The Kier molecular flexibility index (Phi) is 2.47. The summed E-state index contributed by atoms with van der Waals surface area (Å²) >= 11 is 1.72. The SMILES string of the molecule is CCc1nc2ccc(CC#N)cc2s1. The van der Waals surface area contributed by atoms with Gasteiger partial charge in [0, 0.05) is 0 Å². The predicted octanol–water partition coefficient (Wildman–Crippen LogP) is 2.92. The van der Waals surface area contributed by atoms with Crippen molar-refractivity contribution in [2.24, 2.45) is 0 Å². The zero-order valence-electron chi connectivity index (χ0n) is 7.95. The largest absolute Gasteiger partial charge is 0.241 e. The standard InChI is InChI=1S/C11H10N2S/c1-2-11-13-9-4-3-8(5-6-12)7-10(9)14-11/h3-4,7H,2,5H2,1H3. The van der Waals surface area contributed by atoms with Crippen LogP contribution in [0.2, 0.25) is 0 Å². The Hall–Kier alpha value is -1.40. The van der Waals surface area contributed by atoms with E-state index in [0.29, 0.717) is 6.42 Å². The second-order valence-electron chi connectivity index (χ2n) is 3.10. The maximum absolute atomic E-state index is 8.58. The van der Waals surface area contributed by atoms with Crippen molar-refractivity contribution in [3.8, 4) is 6.07 Å². The lowest BCUT2D eigenvalue weighted by Crippen LogP contribution is -1.79. The molecule has 0 radical (unpaired) electrons. The normalized spacial score (nSPS) is 10.3. The Labute approximate surface area is 86.8 Å². The third kappa shape index (κ3) is 1.61. The molecular weight excluding hydrogens is 192 g/mol. The molecule has 0 spiro atoms. The highest BCUT2D eigenvalue weighted by atomic mass is 32.1. The average molecular weight is 202 g/mol. The summed E-state index contributed by atoms with van der Waals surface area (Å²) in [7, 11) is 0. The van der Waals surface area contributed by atoms with Crippen LogP contribution in [0.1, 0.15) is 17.5 Å². The summed E-state index contributed by atoms with van der Waals surface area (Å²) in [6.07, 6.45) is 1.46. The number of benzene rings is 1. The van der Waals surface area contributed by atoms with Crippen LogP contribution in [-0.2, 0) is 12.8 Å². The number of aromatic nitrogens is 1. The maximum atomic E-state index is 8.58. The Balaban J connectivity index is 2.49. The van der Waals surface area contributed by atoms with Gasteiger partial charge in [0.1, 0.15) is 0 Å². The fourth-order valence-electron chi connectivity index (χ4n) is 1.37. The van der Waals surface area contributed by atoms with Crippen molar-refractivity contribution >= 4 is 21.6 Å². The lowest BCUT2D eigenvalue weighted by Gasteiger charge is -1.92. The van der Waals surface area contributed by atoms with Crippen molar-refractivity contribution in [2.45, 2.75) is 19.8 Å². The Morgan fingerprint density at radius 2 is 2.36 bits per heavy atom. The van der Waals surface area contributed by atoms with Crippen molar-refractivity contribution in [3.63, 3.8) is 0 Å². The first-order valence-corrected chi connectivity index (χ1v) is 5.40. The minimum atomic E-state index is 0.481. The first-order chi connectivity index (χ1) is 6.83. The van der Waals surface area contributed by atoms with Crippen LogP contribution in [0.3, 0.4) is 0 Å². The highest BCUT2D eigenvalue weighted by Gasteiger charge is 2.02. The molecule has 1 aromatic heterocycles. The highest BCUT2D eigenvalue weighted by molar-refractivity contribution is 7.18. The summed E-state index contributed by atoms with van der Waals surface area (Å²) in [5.74, 6) is 0. The van der Waals surface area contributed by atoms with E-state index < -0.39 is 0 Å². The number of aryl methyl sites for hydroxylation is 1. The van der Waals surface area contributed by atoms with Gasteiger partial charge in [0.05, 0.1) is 27.7 Å². The minimum absolute atomic E-state index is 0.481. The lowest BCUT2D eigenvalue weighted by molar-refractivity contribution is 1.11. The van der Waals surface area contributed by atoms with Crippen molar-refractivity contribution < 1.29 is 0 Å². The van der Waals surface area contributed by atoms with Crippen molar-refractivity contribution in [2.75, 3.05) is 0 Å². The van der Waals surface area contributed by atoms with Crippen molar-refractivity contribution in [1.82, 2.24) is 4.98 Å². The van der Waals surface area contributed by atoms with Crippen LogP contribution in [0.25, 0.3) is 10.2 Å². The van der Waals surface area contributed by atoms with Crippen LogP contribution in [0.5, 0.6) is 0 Å². The monoisotopic (exact) mass is 202 g/mol. The van der Waals surface area contributed by atoms with Gasteiger partial charge in [-0.1, -0.05) is 13.0 Å². The molecule has 1 heterocycles. The van der Waals surface area contributed by atoms with Crippen LogP contribution in [0.4, 0.5) is 0 Å². The molecule has 0 fully saturated rings. The molecule has 1 aromatic carbocycles. The topological polar surface area (TPSA) is 36.7 Å². The molecule has 14 heavy (non-hydrogen) atoms. The van der Waals surface area contributed by atoms with Gasteiger partial charge in [0.25, 0.3) is 0 Å². The number of rotatable bonds is 2. The molecule has 2 nitrogen and oxygen atoms in total. The fraction of sp³-hybridized carbons (Fsp3) is 0.273. The molecule has 0 amide bonds. The van der Waals surface area contributed by atoms with E-state index in [4.69, 9.17) is 5.26 Å². The van der Waals surface area contributed by atoms with Crippen LogP contribution < -0.4 is 0 Å². The second kappa shape index (κ2) is 3.77. The highest BCUT2D eigenvalue weighted by Crippen LogP contribution is 2.23. The van der Waals surface area contributed by atoms with Gasteiger partial charge in [-0.15, -0.1) is 11.3 Å². The maximum Gasteiger partial charge on any atom is 0.0935 e. The zero-order chi connectivity index (χ0) is 9.97. The molecule has 0 N–H and O–H groups in total. The van der Waals surface area contributed by atoms with Gasteiger partial charge in [-0.3, -0.25) is 0 Å². The van der Waals surface area contributed by atoms with Gasteiger partial charge in [-0.05, 0) is 24.1 Å². The van der Waals surface area contributed by atoms with Gasteiger partial charge >= 0.3 is 0 Å². The van der Waals surface area contributed by atoms with E-state index >= 15 is 0 Å². The van der Waals surface area contributed by atoms with E-state index in [1.807, 2.05) is 12.1 Å². The number of hydrogen-bond acceptors (Lipinski definition) is 3. The van der Waals surface area contributed by atoms with E-state index in [-0.39, 0.29) is 0 Å². The van der Waals surface area contributed by atoms with Gasteiger partial charge in [-0.2, -0.15) is 5.26 Å². The third-order valence-electron chi connectivity index (χ3n) is 2.08. The molecule has 0 bridgehead atoms. The first-order valence-electron chi connectivity index (χ1n) is 4.58. The van der Waals surface area contributed by atoms with Crippen molar-refractivity contribution in [1.29, 1.82) is 5.26 Å². The van der Waals surface area contributed by atoms with Crippen LogP contribution in [0, 0.1) is 11.3 Å². The van der Waals surface area contributed by atoms with E-state index in [9.17, 15) is 0 Å². The smallest absolute Gasteiger partial charge is 0.0935 e. The number of nitrogens with zero attached hydrogens (tertiary/aromatic N) is 2. The molecule has 0 aliphatic rings. The zero-order valence-corrected chi connectivity index (χ0v) is 8.77. The summed E-state index contributed by atoms with van der Waals surface area (Å²) in [6.45, 7) is 2.11. The summed E-state index contributed by atoms with van der Waals surface area (Å²) in [6, 6.07) is 8.19. The number of hydrogen-bond donors (Lipinski definition) is 0. The molecular formula is C11H10N2S. The summed E-state index contributed by atoms with van der Waals surface area (Å²) < 4.78 is 1.19. The molecule has 0 atom stereocenters. The summed E-state index contributed by atoms with van der Waals surface area (Å²) in [5.41, 5.74) is 2.12. The molecule has 70 valence electrons. The van der Waals surface area contributed by atoms with E-state index in [2.05, 4.69) is 24.0 Å². The van der Waals surface area contributed by atoms with Gasteiger partial charge in [-0.25, -0.2) is 4.98 Å². The number of thiazole rings is 1. The second-order valence-corrected chi connectivity index (χ2v) is 4.21. The van der Waals surface area contributed by atoms with Crippen LogP contribution >= 0.6 is 11.3 Å². The average Bonchev–Trinajstić information content (AvgIpc) is 2.60. The Morgan fingerprint density at radius 1 is 1.50 bits per heavy atom. The Morgan fingerprint density at radius 3 is 3.07 bits per heavy atom. The van der Waals surface area contributed by atoms with Gasteiger partial charge in [0.2, 0.25) is 0 Å². The van der Waals surface area contributed by atoms with E-state index in [0.717, 1.165) is 22.5 Å². The predicted molar refractivity (Wildman–Crippen MR) is 58.3 cm³/mol.